The van der Waals surface area contributed by atoms with Crippen LogP contribution in [0.25, 0.3) is 0 Å². The standard InChI is InChI=1S/C12H16BrNO2/c1-2-16-9-12(15)14-8-11(13)10-6-4-3-5-7-10/h3-7,11H,2,8-9H2,1H3,(H,14,15). The third kappa shape index (κ3) is 4.77. The number of benzene rings is 1. The summed E-state index contributed by atoms with van der Waals surface area (Å²) in [4.78, 5) is 11.4. The second kappa shape index (κ2) is 7.41. The van der Waals surface area contributed by atoms with Gasteiger partial charge in [-0.1, -0.05) is 46.3 Å². The molecule has 1 amide bonds. The van der Waals surface area contributed by atoms with Crippen LogP contribution in [0.15, 0.2) is 30.3 Å². The third-order valence-corrected chi connectivity index (χ3v) is 2.93. The minimum Gasteiger partial charge on any atom is -0.372 e. The molecule has 0 saturated heterocycles. The van der Waals surface area contributed by atoms with Gasteiger partial charge >= 0.3 is 0 Å². The number of hydrogen-bond donors (Lipinski definition) is 1. The summed E-state index contributed by atoms with van der Waals surface area (Å²) < 4.78 is 5.01. The molecule has 1 N–H and O–H groups in total. The number of hydrogen-bond acceptors (Lipinski definition) is 2. The van der Waals surface area contributed by atoms with Gasteiger partial charge in [0, 0.05) is 13.2 Å². The van der Waals surface area contributed by atoms with Crippen LogP contribution >= 0.6 is 15.9 Å². The Balaban J connectivity index is 2.30. The van der Waals surface area contributed by atoms with Gasteiger partial charge in [-0.2, -0.15) is 0 Å². The largest absolute Gasteiger partial charge is 0.372 e. The van der Waals surface area contributed by atoms with E-state index in [0.717, 1.165) is 5.56 Å². The molecule has 1 rings (SSSR count). The molecule has 3 nitrogen and oxygen atoms in total. The molecule has 0 aliphatic carbocycles. The van der Waals surface area contributed by atoms with Crippen LogP contribution in [0, 0.1) is 0 Å². The normalized spacial score (nSPS) is 12.1. The highest BCUT2D eigenvalue weighted by molar-refractivity contribution is 9.09. The molecule has 88 valence electrons. The van der Waals surface area contributed by atoms with Crippen LogP contribution in [0.1, 0.15) is 17.3 Å². The molecule has 16 heavy (non-hydrogen) atoms. The molecule has 0 aliphatic rings. The first-order chi connectivity index (χ1) is 7.74. The number of rotatable bonds is 6. The highest BCUT2D eigenvalue weighted by atomic mass is 79.9. The minimum absolute atomic E-state index is 0.0813. The van der Waals surface area contributed by atoms with Gasteiger partial charge in [0.15, 0.2) is 0 Å². The molecule has 4 heteroatoms. The molecule has 0 saturated carbocycles. The van der Waals surface area contributed by atoms with E-state index in [1.807, 2.05) is 37.3 Å². The van der Waals surface area contributed by atoms with Crippen molar-refractivity contribution in [2.24, 2.45) is 0 Å². The summed E-state index contributed by atoms with van der Waals surface area (Å²) in [6.07, 6.45) is 0. The quantitative estimate of drug-likeness (QED) is 0.815. The lowest BCUT2D eigenvalue weighted by atomic mass is 10.1. The van der Waals surface area contributed by atoms with Gasteiger partial charge in [0.2, 0.25) is 5.91 Å². The summed E-state index contributed by atoms with van der Waals surface area (Å²) >= 11 is 3.53. The van der Waals surface area contributed by atoms with Crippen molar-refractivity contribution >= 4 is 21.8 Å². The first-order valence-corrected chi connectivity index (χ1v) is 6.19. The maximum atomic E-state index is 11.3. The Morgan fingerprint density at radius 3 is 2.75 bits per heavy atom. The lowest BCUT2D eigenvalue weighted by Crippen LogP contribution is -2.30. The first kappa shape index (κ1) is 13.2. The van der Waals surface area contributed by atoms with Gasteiger partial charge in [-0.3, -0.25) is 4.79 Å². The van der Waals surface area contributed by atoms with Crippen LogP contribution in [0.2, 0.25) is 0 Å². The Labute approximate surface area is 104 Å². The first-order valence-electron chi connectivity index (χ1n) is 5.27. The Bertz CT molecular complexity index is 316. The van der Waals surface area contributed by atoms with Crippen molar-refractivity contribution in [2.75, 3.05) is 19.8 Å². The van der Waals surface area contributed by atoms with Gasteiger partial charge in [-0.05, 0) is 12.5 Å². The summed E-state index contributed by atoms with van der Waals surface area (Å²) in [6.45, 7) is 3.12. The van der Waals surface area contributed by atoms with E-state index in [2.05, 4.69) is 21.2 Å². The van der Waals surface area contributed by atoms with Crippen LogP contribution in [0.4, 0.5) is 0 Å². The summed E-state index contributed by atoms with van der Waals surface area (Å²) in [5, 5.41) is 2.80. The molecule has 1 unspecified atom stereocenters. The zero-order valence-corrected chi connectivity index (χ0v) is 10.9. The fourth-order valence-corrected chi connectivity index (χ4v) is 1.70. The molecule has 1 atom stereocenters. The second-order valence-corrected chi connectivity index (χ2v) is 4.42. The predicted molar refractivity (Wildman–Crippen MR) is 67.6 cm³/mol. The smallest absolute Gasteiger partial charge is 0.246 e. The van der Waals surface area contributed by atoms with Gasteiger partial charge in [-0.15, -0.1) is 0 Å². The lowest BCUT2D eigenvalue weighted by molar-refractivity contribution is -0.125. The van der Waals surface area contributed by atoms with Crippen LogP contribution in [0.5, 0.6) is 0 Å². The molecule has 0 radical (unpaired) electrons. The summed E-state index contributed by atoms with van der Waals surface area (Å²) in [5.74, 6) is -0.0813. The zero-order chi connectivity index (χ0) is 11.8. The van der Waals surface area contributed by atoms with Crippen LogP contribution < -0.4 is 5.32 Å². The Kier molecular flexibility index (Phi) is 6.11. The second-order valence-electron chi connectivity index (χ2n) is 3.32. The lowest BCUT2D eigenvalue weighted by Gasteiger charge is -2.11. The van der Waals surface area contributed by atoms with E-state index in [1.165, 1.54) is 0 Å². The summed E-state index contributed by atoms with van der Waals surface area (Å²) in [6, 6.07) is 9.97. The maximum absolute atomic E-state index is 11.3. The van der Waals surface area contributed by atoms with Crippen molar-refractivity contribution in [1.29, 1.82) is 0 Å². The van der Waals surface area contributed by atoms with E-state index >= 15 is 0 Å². The van der Waals surface area contributed by atoms with Gasteiger partial charge in [-0.25, -0.2) is 0 Å². The van der Waals surface area contributed by atoms with Crippen molar-refractivity contribution in [2.45, 2.75) is 11.8 Å². The molecule has 0 aromatic heterocycles. The molecule has 0 aliphatic heterocycles. The van der Waals surface area contributed by atoms with Crippen LogP contribution in [-0.4, -0.2) is 25.7 Å². The number of carbonyl (C=O) groups excluding carboxylic acids is 1. The molecule has 0 fully saturated rings. The number of amides is 1. The number of ether oxygens (including phenoxy) is 1. The highest BCUT2D eigenvalue weighted by Crippen LogP contribution is 2.20. The molecular formula is C12H16BrNO2. The number of halogens is 1. The van der Waals surface area contributed by atoms with E-state index in [0.29, 0.717) is 13.2 Å². The SMILES string of the molecule is CCOCC(=O)NCC(Br)c1ccccc1. The predicted octanol–water partition coefficient (Wildman–Crippen LogP) is 2.28. The van der Waals surface area contributed by atoms with E-state index in [1.54, 1.807) is 0 Å². The van der Waals surface area contributed by atoms with Crippen molar-refractivity contribution in [1.82, 2.24) is 5.32 Å². The Morgan fingerprint density at radius 1 is 1.44 bits per heavy atom. The number of alkyl halides is 1. The van der Waals surface area contributed by atoms with Crippen molar-refractivity contribution in [3.05, 3.63) is 35.9 Å². The Morgan fingerprint density at radius 2 is 2.12 bits per heavy atom. The van der Waals surface area contributed by atoms with E-state index in [4.69, 9.17) is 4.74 Å². The van der Waals surface area contributed by atoms with Crippen molar-refractivity contribution in [3.63, 3.8) is 0 Å². The summed E-state index contributed by atoms with van der Waals surface area (Å²) in [7, 11) is 0. The number of carbonyl (C=O) groups is 1. The molecular weight excluding hydrogens is 270 g/mol. The average molecular weight is 286 g/mol. The molecule has 1 aromatic carbocycles. The van der Waals surface area contributed by atoms with Crippen LogP contribution in [0.3, 0.4) is 0 Å². The highest BCUT2D eigenvalue weighted by Gasteiger charge is 2.08. The third-order valence-electron chi connectivity index (χ3n) is 2.08. The Hall–Kier alpha value is -0.870. The van der Waals surface area contributed by atoms with Gasteiger partial charge in [0.1, 0.15) is 6.61 Å². The molecule has 0 bridgehead atoms. The van der Waals surface area contributed by atoms with Crippen molar-refractivity contribution in [3.8, 4) is 0 Å². The monoisotopic (exact) mass is 285 g/mol. The van der Waals surface area contributed by atoms with Crippen molar-refractivity contribution < 1.29 is 9.53 Å². The average Bonchev–Trinajstić information content (AvgIpc) is 2.34. The maximum Gasteiger partial charge on any atom is 0.246 e. The summed E-state index contributed by atoms with van der Waals surface area (Å²) in [5.41, 5.74) is 1.15. The topological polar surface area (TPSA) is 38.3 Å². The fraction of sp³-hybridized carbons (Fsp3) is 0.417. The molecule has 0 heterocycles. The van der Waals surface area contributed by atoms with E-state index < -0.39 is 0 Å². The minimum atomic E-state index is -0.0813. The zero-order valence-electron chi connectivity index (χ0n) is 9.28. The van der Waals surface area contributed by atoms with Gasteiger partial charge in [0.05, 0.1) is 4.83 Å². The van der Waals surface area contributed by atoms with Gasteiger partial charge < -0.3 is 10.1 Å². The van der Waals surface area contributed by atoms with E-state index in [9.17, 15) is 4.79 Å². The number of nitrogens with one attached hydrogen (secondary N) is 1. The van der Waals surface area contributed by atoms with Gasteiger partial charge in [0.25, 0.3) is 0 Å². The fourth-order valence-electron chi connectivity index (χ4n) is 1.23. The molecule has 0 spiro atoms. The van der Waals surface area contributed by atoms with Crippen LogP contribution in [-0.2, 0) is 9.53 Å². The van der Waals surface area contributed by atoms with E-state index in [-0.39, 0.29) is 17.3 Å². The molecule has 1 aromatic rings.